The Morgan fingerprint density at radius 2 is 1.96 bits per heavy atom. The fourth-order valence-electron chi connectivity index (χ4n) is 2.38. The second-order valence-electron chi connectivity index (χ2n) is 5.61. The summed E-state index contributed by atoms with van der Waals surface area (Å²) in [5.41, 5.74) is 1.20. The first-order chi connectivity index (χ1) is 13.0. The van der Waals surface area contributed by atoms with Crippen molar-refractivity contribution in [1.29, 1.82) is 0 Å². The number of amides is 1. The summed E-state index contributed by atoms with van der Waals surface area (Å²) in [7, 11) is 1.62. The first kappa shape index (κ1) is 18.5. The van der Waals surface area contributed by atoms with Gasteiger partial charge in [-0.25, -0.2) is 0 Å². The number of nitrogens with one attached hydrogen (secondary N) is 1. The largest absolute Gasteiger partial charge is 0.497 e. The number of anilines is 1. The molecular weight excluding hydrogens is 368 g/mol. The van der Waals surface area contributed by atoms with Gasteiger partial charge in [0.05, 0.1) is 12.0 Å². The SMILES string of the molecule is COc1ccc(CCc2nnc(NC(=O)c3cccc([N+](=O)[O-])c3)s2)cc1. The van der Waals surface area contributed by atoms with E-state index >= 15 is 0 Å². The molecule has 0 radical (unpaired) electrons. The van der Waals surface area contributed by atoms with E-state index < -0.39 is 10.8 Å². The Bertz CT molecular complexity index is 956. The van der Waals surface area contributed by atoms with E-state index in [2.05, 4.69) is 15.5 Å². The molecule has 1 amide bonds. The molecule has 0 unspecified atom stereocenters. The van der Waals surface area contributed by atoms with E-state index in [1.54, 1.807) is 7.11 Å². The van der Waals surface area contributed by atoms with Gasteiger partial charge in [0.15, 0.2) is 0 Å². The van der Waals surface area contributed by atoms with E-state index in [0.717, 1.165) is 22.7 Å². The smallest absolute Gasteiger partial charge is 0.270 e. The van der Waals surface area contributed by atoms with Crippen molar-refractivity contribution in [1.82, 2.24) is 10.2 Å². The fourth-order valence-corrected chi connectivity index (χ4v) is 3.11. The molecule has 3 rings (SSSR count). The summed E-state index contributed by atoms with van der Waals surface area (Å²) in [6.07, 6.45) is 1.48. The van der Waals surface area contributed by atoms with Crippen molar-refractivity contribution in [2.75, 3.05) is 12.4 Å². The molecule has 1 N–H and O–H groups in total. The van der Waals surface area contributed by atoms with Gasteiger partial charge < -0.3 is 4.74 Å². The number of aryl methyl sites for hydroxylation is 2. The molecule has 0 aliphatic rings. The minimum atomic E-state index is -0.543. The zero-order chi connectivity index (χ0) is 19.2. The molecule has 0 atom stereocenters. The van der Waals surface area contributed by atoms with Crippen LogP contribution in [0.25, 0.3) is 0 Å². The summed E-state index contributed by atoms with van der Waals surface area (Å²) >= 11 is 1.28. The Hall–Kier alpha value is -3.33. The molecule has 0 bridgehead atoms. The topological polar surface area (TPSA) is 107 Å². The van der Waals surface area contributed by atoms with E-state index in [1.807, 2.05) is 24.3 Å². The van der Waals surface area contributed by atoms with Crippen LogP contribution in [0.3, 0.4) is 0 Å². The molecule has 0 saturated heterocycles. The standard InChI is InChI=1S/C18H16N4O4S/c1-26-15-8-5-12(6-9-15)7-10-16-20-21-18(27-16)19-17(23)13-3-2-4-14(11-13)22(24)25/h2-6,8-9,11H,7,10H2,1H3,(H,19,21,23). The van der Waals surface area contributed by atoms with E-state index in [0.29, 0.717) is 11.6 Å². The predicted molar refractivity (Wildman–Crippen MR) is 101 cm³/mol. The molecule has 1 aromatic heterocycles. The monoisotopic (exact) mass is 384 g/mol. The van der Waals surface area contributed by atoms with Crippen molar-refractivity contribution >= 4 is 28.1 Å². The molecule has 8 nitrogen and oxygen atoms in total. The van der Waals surface area contributed by atoms with Crippen molar-refractivity contribution < 1.29 is 14.5 Å². The van der Waals surface area contributed by atoms with Crippen LogP contribution >= 0.6 is 11.3 Å². The number of nitro benzene ring substituents is 1. The number of nitrogens with zero attached hydrogens (tertiary/aromatic N) is 3. The number of aromatic nitrogens is 2. The van der Waals surface area contributed by atoms with Crippen LogP contribution in [0.5, 0.6) is 5.75 Å². The maximum absolute atomic E-state index is 12.2. The average molecular weight is 384 g/mol. The lowest BCUT2D eigenvalue weighted by Gasteiger charge is -2.02. The predicted octanol–water partition coefficient (Wildman–Crippen LogP) is 3.49. The second-order valence-corrected chi connectivity index (χ2v) is 6.67. The summed E-state index contributed by atoms with van der Waals surface area (Å²) in [5.74, 6) is 0.345. The molecule has 138 valence electrons. The van der Waals surface area contributed by atoms with E-state index in [4.69, 9.17) is 4.74 Å². The normalized spacial score (nSPS) is 10.4. The molecule has 9 heteroatoms. The van der Waals surface area contributed by atoms with Crippen LogP contribution in [0, 0.1) is 10.1 Å². The van der Waals surface area contributed by atoms with Gasteiger partial charge in [-0.3, -0.25) is 20.2 Å². The van der Waals surface area contributed by atoms with Crippen LogP contribution < -0.4 is 10.1 Å². The van der Waals surface area contributed by atoms with Crippen LogP contribution in [0.1, 0.15) is 20.9 Å². The van der Waals surface area contributed by atoms with Crippen LogP contribution in [-0.2, 0) is 12.8 Å². The highest BCUT2D eigenvalue weighted by Gasteiger charge is 2.14. The van der Waals surface area contributed by atoms with E-state index in [-0.39, 0.29) is 11.3 Å². The number of benzene rings is 2. The number of nitro groups is 1. The van der Waals surface area contributed by atoms with Gasteiger partial charge in [-0.05, 0) is 30.2 Å². The molecule has 0 aliphatic carbocycles. The number of non-ortho nitro benzene ring substituents is 1. The number of carbonyl (C=O) groups excluding carboxylic acids is 1. The number of hydrogen-bond acceptors (Lipinski definition) is 7. The number of carbonyl (C=O) groups is 1. The Balaban J connectivity index is 1.59. The van der Waals surface area contributed by atoms with Crippen molar-refractivity contribution in [3.63, 3.8) is 0 Å². The molecule has 0 spiro atoms. The van der Waals surface area contributed by atoms with Gasteiger partial charge in [0.1, 0.15) is 10.8 Å². The summed E-state index contributed by atoms with van der Waals surface area (Å²) < 4.78 is 5.13. The molecular formula is C18H16N4O4S. The lowest BCUT2D eigenvalue weighted by molar-refractivity contribution is -0.384. The molecule has 0 aliphatic heterocycles. The van der Waals surface area contributed by atoms with Gasteiger partial charge in [0.25, 0.3) is 11.6 Å². The quantitative estimate of drug-likeness (QED) is 0.493. The van der Waals surface area contributed by atoms with Gasteiger partial charge in [-0.15, -0.1) is 10.2 Å². The van der Waals surface area contributed by atoms with E-state index in [9.17, 15) is 14.9 Å². The van der Waals surface area contributed by atoms with Gasteiger partial charge in [-0.2, -0.15) is 0 Å². The summed E-state index contributed by atoms with van der Waals surface area (Å²) in [6, 6.07) is 13.3. The lowest BCUT2D eigenvalue weighted by atomic mass is 10.1. The van der Waals surface area contributed by atoms with Crippen LogP contribution in [-0.4, -0.2) is 28.1 Å². The van der Waals surface area contributed by atoms with Gasteiger partial charge in [-0.1, -0.05) is 29.5 Å². The van der Waals surface area contributed by atoms with Crippen LogP contribution in [0.4, 0.5) is 10.8 Å². The molecule has 1 heterocycles. The molecule has 3 aromatic rings. The summed E-state index contributed by atoms with van der Waals surface area (Å²) in [4.78, 5) is 22.5. The highest BCUT2D eigenvalue weighted by molar-refractivity contribution is 7.15. The third-order valence-electron chi connectivity index (χ3n) is 3.79. The van der Waals surface area contributed by atoms with Gasteiger partial charge in [0, 0.05) is 24.1 Å². The lowest BCUT2D eigenvalue weighted by Crippen LogP contribution is -2.11. The minimum Gasteiger partial charge on any atom is -0.497 e. The number of ether oxygens (including phenoxy) is 1. The molecule has 2 aromatic carbocycles. The third-order valence-corrected chi connectivity index (χ3v) is 4.69. The first-order valence-corrected chi connectivity index (χ1v) is 8.88. The highest BCUT2D eigenvalue weighted by Crippen LogP contribution is 2.20. The van der Waals surface area contributed by atoms with Crippen molar-refractivity contribution in [3.05, 3.63) is 74.8 Å². The Labute approximate surface area is 159 Å². The number of hydrogen-bond donors (Lipinski definition) is 1. The average Bonchev–Trinajstić information content (AvgIpc) is 3.14. The van der Waals surface area contributed by atoms with Crippen molar-refractivity contribution in [3.8, 4) is 5.75 Å². The van der Waals surface area contributed by atoms with Crippen LogP contribution in [0.15, 0.2) is 48.5 Å². The Kier molecular flexibility index (Phi) is 5.72. The molecule has 0 fully saturated rings. The zero-order valence-corrected chi connectivity index (χ0v) is 15.2. The molecule has 27 heavy (non-hydrogen) atoms. The summed E-state index contributed by atoms with van der Waals surface area (Å²) in [6.45, 7) is 0. The second kappa shape index (κ2) is 8.37. The Morgan fingerprint density at radius 1 is 1.19 bits per heavy atom. The van der Waals surface area contributed by atoms with Gasteiger partial charge in [0.2, 0.25) is 5.13 Å². The van der Waals surface area contributed by atoms with Crippen LogP contribution in [0.2, 0.25) is 0 Å². The van der Waals surface area contributed by atoms with Crippen molar-refractivity contribution in [2.24, 2.45) is 0 Å². The summed E-state index contributed by atoms with van der Waals surface area (Å²) in [5, 5.41) is 22.6. The number of rotatable bonds is 7. The fraction of sp³-hybridized carbons (Fsp3) is 0.167. The molecule has 0 saturated carbocycles. The zero-order valence-electron chi connectivity index (χ0n) is 14.4. The van der Waals surface area contributed by atoms with Gasteiger partial charge >= 0.3 is 0 Å². The first-order valence-electron chi connectivity index (χ1n) is 8.06. The minimum absolute atomic E-state index is 0.139. The maximum atomic E-state index is 12.2. The highest BCUT2D eigenvalue weighted by atomic mass is 32.1. The van der Waals surface area contributed by atoms with Crippen molar-refractivity contribution in [2.45, 2.75) is 12.8 Å². The number of methoxy groups -OCH3 is 1. The maximum Gasteiger partial charge on any atom is 0.270 e. The van der Waals surface area contributed by atoms with E-state index in [1.165, 1.54) is 35.6 Å². The third kappa shape index (κ3) is 4.85. The Morgan fingerprint density at radius 3 is 2.67 bits per heavy atom.